The van der Waals surface area contributed by atoms with Gasteiger partial charge in [-0.25, -0.2) is 9.59 Å². The van der Waals surface area contributed by atoms with E-state index in [-0.39, 0.29) is 12.1 Å². The van der Waals surface area contributed by atoms with Gasteiger partial charge >= 0.3 is 12.1 Å². The number of hydrogen-bond donors (Lipinski definition) is 1. The summed E-state index contributed by atoms with van der Waals surface area (Å²) < 4.78 is 16.2. The van der Waals surface area contributed by atoms with Crippen LogP contribution in [0.2, 0.25) is 0 Å². The summed E-state index contributed by atoms with van der Waals surface area (Å²) in [7, 11) is 0. The highest BCUT2D eigenvalue weighted by atomic mass is 16.5. The van der Waals surface area contributed by atoms with Crippen LogP contribution >= 0.6 is 0 Å². The van der Waals surface area contributed by atoms with E-state index in [1.807, 2.05) is 26.0 Å². The van der Waals surface area contributed by atoms with Crippen LogP contribution in [0.4, 0.5) is 4.79 Å². The summed E-state index contributed by atoms with van der Waals surface area (Å²) in [4.78, 5) is 23.2. The van der Waals surface area contributed by atoms with Crippen LogP contribution in [0.1, 0.15) is 52.0 Å². The quantitative estimate of drug-likeness (QED) is 0.375. The highest BCUT2D eigenvalue weighted by Crippen LogP contribution is 2.30. The predicted molar refractivity (Wildman–Crippen MR) is 112 cm³/mol. The fraction of sp³-hybridized carbons (Fsp3) is 0.565. The summed E-state index contributed by atoms with van der Waals surface area (Å²) in [5.41, 5.74) is 2.16. The third-order valence-electron chi connectivity index (χ3n) is 4.85. The topological polar surface area (TPSA) is 73.9 Å². The Morgan fingerprint density at radius 1 is 1.14 bits per heavy atom. The summed E-state index contributed by atoms with van der Waals surface area (Å²) in [6.45, 7) is 6.68. The molecule has 0 spiro atoms. The first-order chi connectivity index (χ1) is 14.0. The van der Waals surface area contributed by atoms with Crippen LogP contribution in [0.15, 0.2) is 35.9 Å². The molecule has 0 saturated heterocycles. The molecule has 6 heteroatoms. The second kappa shape index (κ2) is 12.1. The monoisotopic (exact) mass is 403 g/mol. The lowest BCUT2D eigenvalue weighted by molar-refractivity contribution is -0.147. The number of nitrogens with one attached hydrogen (secondary N) is 1. The van der Waals surface area contributed by atoms with Crippen LogP contribution in [-0.4, -0.2) is 37.9 Å². The number of hydrogen-bond acceptors (Lipinski definition) is 5. The molecule has 1 fully saturated rings. The van der Waals surface area contributed by atoms with E-state index in [2.05, 4.69) is 17.4 Å². The van der Waals surface area contributed by atoms with Crippen molar-refractivity contribution < 1.29 is 23.8 Å². The molecule has 1 saturated carbocycles. The van der Waals surface area contributed by atoms with Gasteiger partial charge in [0.25, 0.3) is 0 Å². The van der Waals surface area contributed by atoms with Crippen molar-refractivity contribution in [1.82, 2.24) is 5.32 Å². The summed E-state index contributed by atoms with van der Waals surface area (Å²) in [6.07, 6.45) is 6.29. The van der Waals surface area contributed by atoms with Crippen molar-refractivity contribution in [2.45, 2.75) is 59.0 Å². The van der Waals surface area contributed by atoms with Crippen molar-refractivity contribution in [3.05, 3.63) is 41.5 Å². The average molecular weight is 404 g/mol. The fourth-order valence-electron chi connectivity index (χ4n) is 3.51. The molecule has 1 aromatic rings. The standard InChI is InChI=1S/C23H33NO5/c1-4-27-23(26)24-13-14-28-20-11-9-18(10-12-20)16-19-7-5-6-8-21(19)29-22(25)15-17(2)3/h9-12,15,19,21H,4-8,13-14,16H2,1-3H3,(H,24,26)/t19-,21+/m0/s1. The molecule has 0 unspecified atom stereocenters. The number of allylic oxidation sites excluding steroid dienone is 1. The predicted octanol–water partition coefficient (Wildman–Crippen LogP) is 4.42. The SMILES string of the molecule is CCOC(=O)NCCOc1ccc(C[C@@H]2CCCC[C@H]2OC(=O)C=C(C)C)cc1. The molecule has 2 rings (SSSR count). The number of alkyl carbamates (subject to hydrolysis) is 1. The molecule has 1 N–H and O–H groups in total. The van der Waals surface area contributed by atoms with Crippen molar-refractivity contribution in [1.29, 1.82) is 0 Å². The average Bonchev–Trinajstić information content (AvgIpc) is 2.67. The first-order valence-electron chi connectivity index (χ1n) is 10.5. The Balaban J connectivity index is 1.81. The number of esters is 1. The van der Waals surface area contributed by atoms with E-state index in [1.54, 1.807) is 13.0 Å². The zero-order valence-corrected chi connectivity index (χ0v) is 17.7. The van der Waals surface area contributed by atoms with Gasteiger partial charge in [-0.1, -0.05) is 24.1 Å². The molecule has 0 heterocycles. The first kappa shape index (κ1) is 22.8. The number of carbonyl (C=O) groups excluding carboxylic acids is 2. The van der Waals surface area contributed by atoms with Crippen LogP contribution in [-0.2, 0) is 20.7 Å². The Bertz CT molecular complexity index is 679. The number of carbonyl (C=O) groups is 2. The lowest BCUT2D eigenvalue weighted by atomic mass is 9.82. The van der Waals surface area contributed by atoms with Gasteiger partial charge in [0.05, 0.1) is 13.2 Å². The van der Waals surface area contributed by atoms with Crippen LogP contribution in [0, 0.1) is 5.92 Å². The molecular formula is C23H33NO5. The Labute approximate surface area is 173 Å². The van der Waals surface area contributed by atoms with E-state index in [0.717, 1.165) is 37.0 Å². The first-order valence-corrected chi connectivity index (χ1v) is 10.5. The maximum atomic E-state index is 12.0. The molecule has 6 nitrogen and oxygen atoms in total. The van der Waals surface area contributed by atoms with Gasteiger partial charge in [0.2, 0.25) is 0 Å². The molecule has 0 radical (unpaired) electrons. The van der Waals surface area contributed by atoms with E-state index in [4.69, 9.17) is 14.2 Å². The number of rotatable bonds is 9. The van der Waals surface area contributed by atoms with E-state index < -0.39 is 6.09 Å². The van der Waals surface area contributed by atoms with Crippen molar-refractivity contribution in [2.24, 2.45) is 5.92 Å². The summed E-state index contributed by atoms with van der Waals surface area (Å²) >= 11 is 0. The Kier molecular flexibility index (Phi) is 9.54. The van der Waals surface area contributed by atoms with Gasteiger partial charge < -0.3 is 19.5 Å². The van der Waals surface area contributed by atoms with Gasteiger partial charge in [0, 0.05) is 6.08 Å². The minimum Gasteiger partial charge on any atom is -0.492 e. The lowest BCUT2D eigenvalue weighted by Crippen LogP contribution is -2.31. The van der Waals surface area contributed by atoms with Gasteiger partial charge in [-0.05, 0) is 70.1 Å². The second-order valence-electron chi connectivity index (χ2n) is 7.59. The summed E-state index contributed by atoms with van der Waals surface area (Å²) in [6, 6.07) is 7.98. The number of ether oxygens (including phenoxy) is 3. The van der Waals surface area contributed by atoms with Gasteiger partial charge in [0.15, 0.2) is 0 Å². The third kappa shape index (κ3) is 8.59. The zero-order chi connectivity index (χ0) is 21.1. The van der Waals surface area contributed by atoms with Crippen LogP contribution < -0.4 is 10.1 Å². The Morgan fingerprint density at radius 2 is 1.86 bits per heavy atom. The lowest BCUT2D eigenvalue weighted by Gasteiger charge is -2.31. The van der Waals surface area contributed by atoms with E-state index in [1.165, 1.54) is 12.0 Å². The molecule has 1 aromatic carbocycles. The number of benzene rings is 1. The van der Waals surface area contributed by atoms with E-state index in [9.17, 15) is 9.59 Å². The molecule has 1 aliphatic carbocycles. The minimum absolute atomic E-state index is 0.0169. The molecule has 1 amide bonds. The largest absolute Gasteiger partial charge is 0.492 e. The second-order valence-corrected chi connectivity index (χ2v) is 7.59. The highest BCUT2D eigenvalue weighted by Gasteiger charge is 2.28. The van der Waals surface area contributed by atoms with Crippen molar-refractivity contribution in [2.75, 3.05) is 19.8 Å². The summed E-state index contributed by atoms with van der Waals surface area (Å²) in [5.74, 6) is 0.871. The third-order valence-corrected chi connectivity index (χ3v) is 4.85. The molecule has 1 aliphatic rings. The van der Waals surface area contributed by atoms with Gasteiger partial charge in [-0.2, -0.15) is 0 Å². The van der Waals surface area contributed by atoms with E-state index >= 15 is 0 Å². The maximum Gasteiger partial charge on any atom is 0.407 e. The smallest absolute Gasteiger partial charge is 0.407 e. The van der Waals surface area contributed by atoms with Gasteiger partial charge in [0.1, 0.15) is 18.5 Å². The van der Waals surface area contributed by atoms with Crippen LogP contribution in [0.25, 0.3) is 0 Å². The Hall–Kier alpha value is -2.50. The normalized spacial score (nSPS) is 18.4. The Morgan fingerprint density at radius 3 is 2.55 bits per heavy atom. The molecule has 2 atom stereocenters. The molecule has 0 bridgehead atoms. The molecule has 0 aromatic heterocycles. The molecule has 160 valence electrons. The van der Waals surface area contributed by atoms with Gasteiger partial charge in [-0.15, -0.1) is 0 Å². The van der Waals surface area contributed by atoms with Crippen molar-refractivity contribution >= 4 is 12.1 Å². The highest BCUT2D eigenvalue weighted by molar-refractivity contribution is 5.82. The van der Waals surface area contributed by atoms with Crippen LogP contribution in [0.3, 0.4) is 0 Å². The van der Waals surface area contributed by atoms with Crippen molar-refractivity contribution in [3.63, 3.8) is 0 Å². The maximum absolute atomic E-state index is 12.0. The van der Waals surface area contributed by atoms with E-state index in [0.29, 0.717) is 25.7 Å². The number of amides is 1. The molecular weight excluding hydrogens is 370 g/mol. The zero-order valence-electron chi connectivity index (χ0n) is 17.7. The minimum atomic E-state index is -0.432. The molecule has 0 aliphatic heterocycles. The summed E-state index contributed by atoms with van der Waals surface area (Å²) in [5, 5.41) is 2.62. The van der Waals surface area contributed by atoms with Gasteiger partial charge in [-0.3, -0.25) is 0 Å². The van der Waals surface area contributed by atoms with Crippen molar-refractivity contribution in [3.8, 4) is 5.75 Å². The van der Waals surface area contributed by atoms with Crippen LogP contribution in [0.5, 0.6) is 5.75 Å². The molecule has 29 heavy (non-hydrogen) atoms. The fourth-order valence-corrected chi connectivity index (χ4v) is 3.51.